The predicted molar refractivity (Wildman–Crippen MR) is 84.2 cm³/mol. The van der Waals surface area contributed by atoms with Crippen molar-refractivity contribution in [2.24, 2.45) is 5.73 Å². The quantitative estimate of drug-likeness (QED) is 0.835. The number of benzene rings is 1. The van der Waals surface area contributed by atoms with Gasteiger partial charge in [0.25, 0.3) is 0 Å². The molecule has 0 spiro atoms. The van der Waals surface area contributed by atoms with Gasteiger partial charge in [0.05, 0.1) is 18.3 Å². The summed E-state index contributed by atoms with van der Waals surface area (Å²) in [6, 6.07) is 8.10. The van der Waals surface area contributed by atoms with Crippen LogP contribution in [0, 0.1) is 0 Å². The molecule has 5 nitrogen and oxygen atoms in total. The Balaban J connectivity index is 1.64. The second kappa shape index (κ2) is 6.91. The first kappa shape index (κ1) is 15.0. The maximum Gasteiger partial charge on any atom is 0.233 e. The maximum atomic E-state index is 6.09. The molecule has 2 N–H and O–H groups in total. The van der Waals surface area contributed by atoms with Crippen molar-refractivity contribution < 1.29 is 9.26 Å². The van der Waals surface area contributed by atoms with Crippen LogP contribution in [0.3, 0.4) is 0 Å². The fourth-order valence-electron chi connectivity index (χ4n) is 2.19. The molecule has 2 unspecified atom stereocenters. The number of ether oxygens (including phenoxy) is 1. The van der Waals surface area contributed by atoms with Gasteiger partial charge in [0.15, 0.2) is 5.82 Å². The van der Waals surface area contributed by atoms with Crippen molar-refractivity contribution in [3.8, 4) is 0 Å². The van der Waals surface area contributed by atoms with E-state index in [4.69, 9.17) is 15.0 Å². The summed E-state index contributed by atoms with van der Waals surface area (Å²) in [6.45, 7) is 1.26. The number of thioether (sulfide) groups is 1. The molecule has 1 aromatic heterocycles. The molecule has 1 aliphatic rings. The molecule has 2 aromatic rings. The summed E-state index contributed by atoms with van der Waals surface area (Å²) in [5.74, 6) is 1.94. The summed E-state index contributed by atoms with van der Waals surface area (Å²) in [4.78, 5) is 5.61. The molecular weight excluding hydrogens is 354 g/mol. The van der Waals surface area contributed by atoms with Gasteiger partial charge >= 0.3 is 0 Å². The molecule has 0 amide bonds. The fourth-order valence-corrected chi connectivity index (χ4v) is 3.60. The third-order valence-electron chi connectivity index (χ3n) is 3.40. The Bertz CT molecular complexity index is 607. The summed E-state index contributed by atoms with van der Waals surface area (Å²) in [7, 11) is 0. The van der Waals surface area contributed by atoms with E-state index in [0.29, 0.717) is 30.7 Å². The van der Waals surface area contributed by atoms with Gasteiger partial charge < -0.3 is 15.0 Å². The first-order valence-electron chi connectivity index (χ1n) is 6.77. The molecular formula is C14H16BrN3O2S. The van der Waals surface area contributed by atoms with E-state index in [9.17, 15) is 0 Å². The van der Waals surface area contributed by atoms with Crippen LogP contribution in [0.25, 0.3) is 0 Å². The molecule has 1 aliphatic heterocycles. The summed E-state index contributed by atoms with van der Waals surface area (Å²) in [5, 5.41) is 4.04. The lowest BCUT2D eigenvalue weighted by atomic mass is 9.97. The normalized spacial score (nSPS) is 22.4. The highest BCUT2D eigenvalue weighted by Crippen LogP contribution is 2.30. The fraction of sp³-hybridized carbons (Fsp3) is 0.429. The number of hydrogen-bond acceptors (Lipinski definition) is 6. The van der Waals surface area contributed by atoms with Gasteiger partial charge in [-0.15, -0.1) is 11.8 Å². The highest BCUT2D eigenvalue weighted by Gasteiger charge is 2.29. The largest absolute Gasteiger partial charge is 0.381 e. The first-order valence-corrected chi connectivity index (χ1v) is 8.55. The van der Waals surface area contributed by atoms with Crippen molar-refractivity contribution >= 4 is 27.7 Å². The van der Waals surface area contributed by atoms with E-state index in [2.05, 4.69) is 32.1 Å². The minimum atomic E-state index is 0.00783. The minimum Gasteiger partial charge on any atom is -0.381 e. The summed E-state index contributed by atoms with van der Waals surface area (Å²) in [5.41, 5.74) is 6.09. The Hall–Kier alpha value is -0.890. The summed E-state index contributed by atoms with van der Waals surface area (Å²) < 4.78 is 11.9. The van der Waals surface area contributed by atoms with Crippen molar-refractivity contribution in [3.05, 3.63) is 40.5 Å². The van der Waals surface area contributed by atoms with E-state index in [1.807, 2.05) is 18.2 Å². The molecule has 1 saturated heterocycles. The molecule has 2 heterocycles. The molecule has 1 fully saturated rings. The van der Waals surface area contributed by atoms with Crippen molar-refractivity contribution in [1.82, 2.24) is 10.1 Å². The monoisotopic (exact) mass is 369 g/mol. The molecule has 2 atom stereocenters. The molecule has 0 saturated carbocycles. The van der Waals surface area contributed by atoms with Crippen LogP contribution in [-0.4, -0.2) is 29.4 Å². The molecule has 0 radical (unpaired) electrons. The van der Waals surface area contributed by atoms with Gasteiger partial charge in [-0.3, -0.25) is 0 Å². The highest BCUT2D eigenvalue weighted by atomic mass is 79.9. The summed E-state index contributed by atoms with van der Waals surface area (Å²) in [6.07, 6.45) is 0.827. The van der Waals surface area contributed by atoms with Gasteiger partial charge in [0.2, 0.25) is 5.89 Å². The van der Waals surface area contributed by atoms with Crippen molar-refractivity contribution in [2.45, 2.75) is 29.0 Å². The molecule has 0 bridgehead atoms. The second-order valence-corrected chi connectivity index (χ2v) is 6.77. The van der Waals surface area contributed by atoms with Gasteiger partial charge in [-0.05, 0) is 34.5 Å². The van der Waals surface area contributed by atoms with E-state index in [1.165, 1.54) is 0 Å². The average Bonchev–Trinajstić information content (AvgIpc) is 2.96. The Kier molecular flexibility index (Phi) is 4.95. The van der Waals surface area contributed by atoms with E-state index in [-0.39, 0.29) is 12.0 Å². The van der Waals surface area contributed by atoms with Crippen LogP contribution >= 0.6 is 27.7 Å². The third-order valence-corrected chi connectivity index (χ3v) is 5.43. The number of nitrogens with two attached hydrogens (primary N) is 1. The molecule has 0 aliphatic carbocycles. The molecule has 1 aromatic carbocycles. The van der Waals surface area contributed by atoms with Crippen LogP contribution in [-0.2, 0) is 10.5 Å². The standard InChI is InChI=1S/C14H16BrN3O2S/c15-10-3-1-2-4-12(10)21-8-13-17-14(20-18-13)9-7-19-6-5-11(9)16/h1-4,9,11H,5-8,16H2. The number of aromatic nitrogens is 2. The lowest BCUT2D eigenvalue weighted by molar-refractivity contribution is 0.0590. The lowest BCUT2D eigenvalue weighted by Crippen LogP contribution is -2.37. The highest BCUT2D eigenvalue weighted by molar-refractivity contribution is 9.10. The Morgan fingerprint density at radius 1 is 1.38 bits per heavy atom. The van der Waals surface area contributed by atoms with Gasteiger partial charge in [-0.25, -0.2) is 0 Å². The smallest absolute Gasteiger partial charge is 0.233 e. The molecule has 7 heteroatoms. The number of halogens is 1. The zero-order chi connectivity index (χ0) is 14.7. The number of hydrogen-bond donors (Lipinski definition) is 1. The van der Waals surface area contributed by atoms with Crippen LogP contribution in [0.4, 0.5) is 0 Å². The van der Waals surface area contributed by atoms with Crippen molar-refractivity contribution in [3.63, 3.8) is 0 Å². The number of rotatable bonds is 4. The van der Waals surface area contributed by atoms with Crippen LogP contribution < -0.4 is 5.73 Å². The van der Waals surface area contributed by atoms with E-state index < -0.39 is 0 Å². The zero-order valence-corrected chi connectivity index (χ0v) is 13.8. The van der Waals surface area contributed by atoms with E-state index in [0.717, 1.165) is 15.8 Å². The zero-order valence-electron chi connectivity index (χ0n) is 11.4. The Morgan fingerprint density at radius 3 is 3.05 bits per heavy atom. The van der Waals surface area contributed by atoms with Crippen LogP contribution in [0.2, 0.25) is 0 Å². The van der Waals surface area contributed by atoms with E-state index >= 15 is 0 Å². The van der Waals surface area contributed by atoms with Crippen LogP contribution in [0.5, 0.6) is 0 Å². The molecule has 3 rings (SSSR count). The first-order chi connectivity index (χ1) is 10.2. The Labute approximate surface area is 135 Å². The van der Waals surface area contributed by atoms with Gasteiger partial charge in [-0.1, -0.05) is 17.3 Å². The number of nitrogens with zero attached hydrogens (tertiary/aromatic N) is 2. The third kappa shape index (κ3) is 3.66. The van der Waals surface area contributed by atoms with Crippen LogP contribution in [0.1, 0.15) is 24.1 Å². The maximum absolute atomic E-state index is 6.09. The van der Waals surface area contributed by atoms with E-state index in [1.54, 1.807) is 11.8 Å². The predicted octanol–water partition coefficient (Wildman–Crippen LogP) is 2.96. The van der Waals surface area contributed by atoms with Gasteiger partial charge in [-0.2, -0.15) is 4.98 Å². The Morgan fingerprint density at radius 2 is 2.24 bits per heavy atom. The molecule has 112 valence electrons. The second-order valence-electron chi connectivity index (χ2n) is 4.90. The average molecular weight is 370 g/mol. The minimum absolute atomic E-state index is 0.00783. The lowest BCUT2D eigenvalue weighted by Gasteiger charge is -2.25. The van der Waals surface area contributed by atoms with Crippen molar-refractivity contribution in [1.29, 1.82) is 0 Å². The van der Waals surface area contributed by atoms with Crippen molar-refractivity contribution in [2.75, 3.05) is 13.2 Å². The van der Waals surface area contributed by atoms with Crippen LogP contribution in [0.15, 0.2) is 38.2 Å². The van der Waals surface area contributed by atoms with Gasteiger partial charge in [0.1, 0.15) is 0 Å². The van der Waals surface area contributed by atoms with Gasteiger partial charge in [0, 0.05) is 22.0 Å². The summed E-state index contributed by atoms with van der Waals surface area (Å²) >= 11 is 5.19. The molecule has 21 heavy (non-hydrogen) atoms. The SMILES string of the molecule is NC1CCOCC1c1nc(CSc2ccccc2Br)no1. The topological polar surface area (TPSA) is 74.2 Å².